The van der Waals surface area contributed by atoms with Gasteiger partial charge in [-0.1, -0.05) is 6.07 Å². The fourth-order valence-corrected chi connectivity index (χ4v) is 2.32. The molecule has 17 heavy (non-hydrogen) atoms. The second-order valence-corrected chi connectivity index (χ2v) is 4.44. The van der Waals surface area contributed by atoms with Crippen LogP contribution in [-0.2, 0) is 18.0 Å². The van der Waals surface area contributed by atoms with E-state index >= 15 is 0 Å². The normalized spacial score (nSPS) is 16.4. The third kappa shape index (κ3) is 3.19. The Kier molecular flexibility index (Phi) is 4.36. The highest BCUT2D eigenvalue weighted by Crippen LogP contribution is 2.23. The molecule has 0 saturated carbocycles. The molecule has 1 saturated heterocycles. The number of hydrogen-bond acceptors (Lipinski definition) is 4. The van der Waals surface area contributed by atoms with Crippen molar-refractivity contribution in [3.05, 3.63) is 29.3 Å². The molecule has 4 nitrogen and oxygen atoms in total. The second kappa shape index (κ2) is 6.00. The topological polar surface area (TPSA) is 47.7 Å². The molecule has 0 unspecified atom stereocenters. The number of benzene rings is 1. The maximum absolute atomic E-state index is 5.39. The first-order chi connectivity index (χ1) is 8.33. The van der Waals surface area contributed by atoms with Crippen LogP contribution in [0.4, 0.5) is 0 Å². The average Bonchev–Trinajstić information content (AvgIpc) is 2.83. The van der Waals surface area contributed by atoms with Gasteiger partial charge >= 0.3 is 0 Å². The summed E-state index contributed by atoms with van der Waals surface area (Å²) in [6, 6.07) is 6.09. The fourth-order valence-electron chi connectivity index (χ4n) is 2.32. The Morgan fingerprint density at radius 1 is 1.29 bits per heavy atom. The molecule has 0 spiro atoms. The van der Waals surface area contributed by atoms with Crippen LogP contribution in [0.25, 0.3) is 0 Å². The molecule has 1 aliphatic rings. The number of methoxy groups -OCH3 is 1. The van der Waals surface area contributed by atoms with Gasteiger partial charge in [-0.2, -0.15) is 0 Å². The van der Waals surface area contributed by atoms with Gasteiger partial charge < -0.3 is 4.74 Å². The monoisotopic (exact) mass is 236 g/mol. The SMILES string of the molecule is COc1ccc(CON)cc1CN1CCCC1. The molecule has 1 heterocycles. The van der Waals surface area contributed by atoms with E-state index < -0.39 is 0 Å². The van der Waals surface area contributed by atoms with Crippen LogP contribution >= 0.6 is 0 Å². The number of nitrogens with two attached hydrogens (primary N) is 1. The first-order valence-corrected chi connectivity index (χ1v) is 6.03. The zero-order chi connectivity index (χ0) is 12.1. The highest BCUT2D eigenvalue weighted by atomic mass is 16.6. The largest absolute Gasteiger partial charge is 0.496 e. The van der Waals surface area contributed by atoms with Gasteiger partial charge in [-0.25, -0.2) is 5.90 Å². The molecule has 1 aromatic rings. The lowest BCUT2D eigenvalue weighted by atomic mass is 10.1. The number of nitrogens with zero attached hydrogens (tertiary/aromatic N) is 1. The Morgan fingerprint density at radius 2 is 2.06 bits per heavy atom. The first-order valence-electron chi connectivity index (χ1n) is 6.03. The molecule has 0 radical (unpaired) electrons. The molecule has 1 aromatic carbocycles. The fraction of sp³-hybridized carbons (Fsp3) is 0.538. The van der Waals surface area contributed by atoms with Crippen molar-refractivity contribution in [1.82, 2.24) is 4.90 Å². The minimum atomic E-state index is 0.441. The van der Waals surface area contributed by atoms with Crippen molar-refractivity contribution in [2.24, 2.45) is 5.90 Å². The smallest absolute Gasteiger partial charge is 0.123 e. The Bertz CT molecular complexity index is 362. The summed E-state index contributed by atoms with van der Waals surface area (Å²) < 4.78 is 5.39. The Balaban J connectivity index is 2.12. The van der Waals surface area contributed by atoms with Crippen LogP contribution in [0.1, 0.15) is 24.0 Å². The number of hydrogen-bond donors (Lipinski definition) is 1. The molecular formula is C13H20N2O2. The number of rotatable bonds is 5. The summed E-state index contributed by atoms with van der Waals surface area (Å²) >= 11 is 0. The minimum absolute atomic E-state index is 0.441. The molecule has 0 atom stereocenters. The van der Waals surface area contributed by atoms with E-state index in [2.05, 4.69) is 15.8 Å². The van der Waals surface area contributed by atoms with Crippen molar-refractivity contribution < 1.29 is 9.57 Å². The van der Waals surface area contributed by atoms with Crippen molar-refractivity contribution in [1.29, 1.82) is 0 Å². The van der Waals surface area contributed by atoms with Crippen molar-refractivity contribution in [3.8, 4) is 5.75 Å². The summed E-state index contributed by atoms with van der Waals surface area (Å²) in [6.45, 7) is 3.75. The summed E-state index contributed by atoms with van der Waals surface area (Å²) in [5.74, 6) is 6.05. The van der Waals surface area contributed by atoms with E-state index in [4.69, 9.17) is 10.6 Å². The minimum Gasteiger partial charge on any atom is -0.496 e. The summed E-state index contributed by atoms with van der Waals surface area (Å²) in [5, 5.41) is 0. The summed E-state index contributed by atoms with van der Waals surface area (Å²) in [6.07, 6.45) is 2.60. The van der Waals surface area contributed by atoms with E-state index in [9.17, 15) is 0 Å². The standard InChI is InChI=1S/C13H20N2O2/c1-16-13-5-4-11(10-17-14)8-12(13)9-15-6-2-3-7-15/h4-5,8H,2-3,6-7,9-10,14H2,1H3. The van der Waals surface area contributed by atoms with E-state index in [0.29, 0.717) is 6.61 Å². The van der Waals surface area contributed by atoms with Crippen LogP contribution in [0.5, 0.6) is 5.75 Å². The quantitative estimate of drug-likeness (QED) is 0.790. The first kappa shape index (κ1) is 12.4. The average molecular weight is 236 g/mol. The van der Waals surface area contributed by atoms with Gasteiger partial charge in [0.05, 0.1) is 13.7 Å². The van der Waals surface area contributed by atoms with Gasteiger partial charge in [0.1, 0.15) is 5.75 Å². The molecule has 4 heteroatoms. The summed E-state index contributed by atoms with van der Waals surface area (Å²) in [4.78, 5) is 7.12. The van der Waals surface area contributed by atoms with Crippen LogP contribution in [-0.4, -0.2) is 25.1 Å². The zero-order valence-electron chi connectivity index (χ0n) is 10.3. The zero-order valence-corrected chi connectivity index (χ0v) is 10.3. The summed E-state index contributed by atoms with van der Waals surface area (Å²) in [5.41, 5.74) is 2.30. The van der Waals surface area contributed by atoms with Gasteiger partial charge in [-0.05, 0) is 43.6 Å². The van der Waals surface area contributed by atoms with Gasteiger partial charge in [-0.3, -0.25) is 9.74 Å². The van der Waals surface area contributed by atoms with Gasteiger partial charge in [0.2, 0.25) is 0 Å². The number of ether oxygens (including phenoxy) is 1. The van der Waals surface area contributed by atoms with Gasteiger partial charge in [0.25, 0.3) is 0 Å². The van der Waals surface area contributed by atoms with Gasteiger partial charge in [-0.15, -0.1) is 0 Å². The molecule has 1 fully saturated rings. The van der Waals surface area contributed by atoms with E-state index in [1.54, 1.807) is 7.11 Å². The molecule has 0 aliphatic carbocycles. The second-order valence-electron chi connectivity index (χ2n) is 4.44. The predicted molar refractivity (Wildman–Crippen MR) is 66.5 cm³/mol. The number of likely N-dealkylation sites (tertiary alicyclic amines) is 1. The van der Waals surface area contributed by atoms with Crippen LogP contribution in [0, 0.1) is 0 Å². The molecular weight excluding hydrogens is 216 g/mol. The van der Waals surface area contributed by atoms with E-state index in [1.165, 1.54) is 31.5 Å². The third-order valence-electron chi connectivity index (χ3n) is 3.19. The van der Waals surface area contributed by atoms with Crippen LogP contribution in [0.15, 0.2) is 18.2 Å². The van der Waals surface area contributed by atoms with E-state index in [-0.39, 0.29) is 0 Å². The van der Waals surface area contributed by atoms with Crippen molar-refractivity contribution in [2.45, 2.75) is 26.0 Å². The van der Waals surface area contributed by atoms with Crippen molar-refractivity contribution in [2.75, 3.05) is 20.2 Å². The van der Waals surface area contributed by atoms with Crippen molar-refractivity contribution in [3.63, 3.8) is 0 Å². The van der Waals surface area contributed by atoms with Gasteiger partial charge in [0, 0.05) is 12.1 Å². The predicted octanol–water partition coefficient (Wildman–Crippen LogP) is 1.68. The molecule has 0 bridgehead atoms. The van der Waals surface area contributed by atoms with E-state index in [1.807, 2.05) is 12.1 Å². The lowest BCUT2D eigenvalue weighted by Gasteiger charge is -2.17. The molecule has 1 aliphatic heterocycles. The Labute approximate surface area is 102 Å². The van der Waals surface area contributed by atoms with Crippen LogP contribution < -0.4 is 10.6 Å². The molecule has 0 amide bonds. The highest BCUT2D eigenvalue weighted by molar-refractivity contribution is 5.37. The van der Waals surface area contributed by atoms with Gasteiger partial charge in [0.15, 0.2) is 0 Å². The lowest BCUT2D eigenvalue weighted by molar-refractivity contribution is 0.124. The Hall–Kier alpha value is -1.10. The maximum Gasteiger partial charge on any atom is 0.123 e. The molecule has 2 rings (SSSR count). The highest BCUT2D eigenvalue weighted by Gasteiger charge is 2.14. The molecule has 2 N–H and O–H groups in total. The van der Waals surface area contributed by atoms with Crippen molar-refractivity contribution >= 4 is 0 Å². The van der Waals surface area contributed by atoms with Crippen LogP contribution in [0.3, 0.4) is 0 Å². The maximum atomic E-state index is 5.39. The Morgan fingerprint density at radius 3 is 2.71 bits per heavy atom. The van der Waals surface area contributed by atoms with E-state index in [0.717, 1.165) is 17.9 Å². The lowest BCUT2D eigenvalue weighted by Crippen LogP contribution is -2.19. The molecule has 0 aromatic heterocycles. The third-order valence-corrected chi connectivity index (χ3v) is 3.19. The molecule has 94 valence electrons. The van der Waals surface area contributed by atoms with Crippen LogP contribution in [0.2, 0.25) is 0 Å². The summed E-state index contributed by atoms with van der Waals surface area (Å²) in [7, 11) is 1.71.